The van der Waals surface area contributed by atoms with Crippen LogP contribution in [0.5, 0.6) is 0 Å². The number of nitrogens with zero attached hydrogens (tertiary/aromatic N) is 1. The van der Waals surface area contributed by atoms with Gasteiger partial charge in [-0.1, -0.05) is 30.3 Å². The van der Waals surface area contributed by atoms with Crippen molar-refractivity contribution >= 4 is 6.09 Å². The molecule has 1 fully saturated rings. The third kappa shape index (κ3) is 2.75. The van der Waals surface area contributed by atoms with Gasteiger partial charge in [0.05, 0.1) is 6.10 Å². The number of aliphatic hydroxyl groups is 1. The lowest BCUT2D eigenvalue weighted by Gasteiger charge is -2.22. The minimum atomic E-state index is -0.683. The summed E-state index contributed by atoms with van der Waals surface area (Å²) in [6.07, 6.45) is -1.23. The SMILES string of the molecule is C[C@H](O)[C@H]1COC(=O)N1OCc1ccccc1. The second kappa shape index (κ2) is 5.16. The molecule has 5 nitrogen and oxygen atoms in total. The maximum atomic E-state index is 11.4. The first-order chi connectivity index (χ1) is 8.18. The Kier molecular flexibility index (Phi) is 3.61. The van der Waals surface area contributed by atoms with Gasteiger partial charge in [0.2, 0.25) is 0 Å². The number of ether oxygens (including phenoxy) is 1. The molecule has 1 heterocycles. The quantitative estimate of drug-likeness (QED) is 0.858. The lowest BCUT2D eigenvalue weighted by molar-refractivity contribution is -0.158. The Hall–Kier alpha value is -1.59. The van der Waals surface area contributed by atoms with Gasteiger partial charge in [-0.15, -0.1) is 0 Å². The predicted octanol–water partition coefficient (Wildman–Crippen LogP) is 1.32. The van der Waals surface area contributed by atoms with Crippen molar-refractivity contribution in [2.24, 2.45) is 0 Å². The highest BCUT2D eigenvalue weighted by atomic mass is 16.7. The number of cyclic esters (lactones) is 1. The summed E-state index contributed by atoms with van der Waals surface area (Å²) in [6.45, 7) is 2.04. The zero-order valence-electron chi connectivity index (χ0n) is 9.57. The van der Waals surface area contributed by atoms with Crippen LogP contribution >= 0.6 is 0 Å². The van der Waals surface area contributed by atoms with Crippen LogP contribution in [0.1, 0.15) is 12.5 Å². The van der Waals surface area contributed by atoms with Crippen molar-refractivity contribution in [1.82, 2.24) is 5.06 Å². The Labute approximate surface area is 99.5 Å². The number of benzene rings is 1. The molecule has 2 rings (SSSR count). The van der Waals surface area contributed by atoms with Crippen molar-refractivity contribution in [2.45, 2.75) is 25.7 Å². The Morgan fingerprint density at radius 2 is 2.24 bits per heavy atom. The lowest BCUT2D eigenvalue weighted by atomic mass is 10.2. The van der Waals surface area contributed by atoms with Crippen LogP contribution in [0.2, 0.25) is 0 Å². The fourth-order valence-electron chi connectivity index (χ4n) is 1.63. The van der Waals surface area contributed by atoms with Crippen LogP contribution in [0.3, 0.4) is 0 Å². The Balaban J connectivity index is 1.95. The summed E-state index contributed by atoms with van der Waals surface area (Å²) in [5, 5.41) is 10.6. The van der Waals surface area contributed by atoms with Gasteiger partial charge in [0.15, 0.2) is 0 Å². The maximum Gasteiger partial charge on any atom is 0.434 e. The van der Waals surface area contributed by atoms with Crippen LogP contribution < -0.4 is 0 Å². The van der Waals surface area contributed by atoms with E-state index in [1.54, 1.807) is 6.92 Å². The van der Waals surface area contributed by atoms with Crippen LogP contribution in [-0.2, 0) is 16.2 Å². The van der Waals surface area contributed by atoms with E-state index in [1.165, 1.54) is 0 Å². The third-order valence-electron chi connectivity index (χ3n) is 2.63. The topological polar surface area (TPSA) is 59.0 Å². The highest BCUT2D eigenvalue weighted by Crippen LogP contribution is 2.17. The van der Waals surface area contributed by atoms with E-state index >= 15 is 0 Å². The van der Waals surface area contributed by atoms with Crippen molar-refractivity contribution < 1.29 is 19.5 Å². The summed E-state index contributed by atoms with van der Waals surface area (Å²) in [5.74, 6) is 0. The van der Waals surface area contributed by atoms with Crippen molar-refractivity contribution in [3.63, 3.8) is 0 Å². The van der Waals surface area contributed by atoms with Crippen molar-refractivity contribution in [3.8, 4) is 0 Å². The molecule has 1 aromatic carbocycles. The molecular weight excluding hydrogens is 222 g/mol. The summed E-state index contributed by atoms with van der Waals surface area (Å²) in [6, 6.07) is 9.07. The normalized spacial score (nSPS) is 21.4. The number of hydrogen-bond acceptors (Lipinski definition) is 4. The summed E-state index contributed by atoms with van der Waals surface area (Å²) < 4.78 is 4.83. The minimum Gasteiger partial charge on any atom is -0.445 e. The third-order valence-corrected chi connectivity index (χ3v) is 2.63. The second-order valence-corrected chi connectivity index (χ2v) is 3.97. The molecule has 1 N–H and O–H groups in total. The van der Waals surface area contributed by atoms with E-state index < -0.39 is 18.2 Å². The highest BCUT2D eigenvalue weighted by molar-refractivity contribution is 5.68. The van der Waals surface area contributed by atoms with Crippen LogP contribution in [0.15, 0.2) is 30.3 Å². The molecule has 1 aliphatic rings. The number of carbonyl (C=O) groups is 1. The first-order valence-corrected chi connectivity index (χ1v) is 5.49. The van der Waals surface area contributed by atoms with Crippen LogP contribution in [-0.4, -0.2) is 35.0 Å². The van der Waals surface area contributed by atoms with Gasteiger partial charge in [0, 0.05) is 0 Å². The second-order valence-electron chi connectivity index (χ2n) is 3.97. The van der Waals surface area contributed by atoms with Crippen molar-refractivity contribution in [1.29, 1.82) is 0 Å². The number of amides is 1. The Bertz CT molecular complexity index is 379. The molecule has 0 radical (unpaired) electrons. The largest absolute Gasteiger partial charge is 0.445 e. The van der Waals surface area contributed by atoms with Gasteiger partial charge >= 0.3 is 6.09 Å². The molecule has 0 bridgehead atoms. The van der Waals surface area contributed by atoms with Crippen molar-refractivity contribution in [2.75, 3.05) is 6.61 Å². The number of rotatable bonds is 4. The fraction of sp³-hybridized carbons (Fsp3) is 0.417. The zero-order valence-corrected chi connectivity index (χ0v) is 9.57. The van der Waals surface area contributed by atoms with Gasteiger partial charge in [-0.2, -0.15) is 5.06 Å². The van der Waals surface area contributed by atoms with Gasteiger partial charge < -0.3 is 9.84 Å². The van der Waals surface area contributed by atoms with Crippen LogP contribution in [0.4, 0.5) is 4.79 Å². The van der Waals surface area contributed by atoms with Gasteiger partial charge in [-0.3, -0.25) is 4.84 Å². The first-order valence-electron chi connectivity index (χ1n) is 5.49. The van der Waals surface area contributed by atoms with E-state index in [1.807, 2.05) is 30.3 Å². The molecule has 0 aliphatic carbocycles. The molecule has 0 aromatic heterocycles. The van der Waals surface area contributed by atoms with Gasteiger partial charge in [0.25, 0.3) is 0 Å². The molecule has 17 heavy (non-hydrogen) atoms. The van der Waals surface area contributed by atoms with E-state index in [9.17, 15) is 9.90 Å². The molecule has 0 saturated carbocycles. The molecule has 5 heteroatoms. The molecule has 1 saturated heterocycles. The molecule has 0 unspecified atom stereocenters. The summed E-state index contributed by atoms with van der Waals surface area (Å²) >= 11 is 0. The molecule has 2 atom stereocenters. The zero-order chi connectivity index (χ0) is 12.3. The summed E-state index contributed by atoms with van der Waals surface area (Å²) in [5.41, 5.74) is 0.955. The highest BCUT2D eigenvalue weighted by Gasteiger charge is 2.37. The van der Waals surface area contributed by atoms with E-state index in [0.717, 1.165) is 10.6 Å². The molecule has 0 spiro atoms. The average Bonchev–Trinajstić information content (AvgIpc) is 2.69. The average molecular weight is 237 g/mol. The maximum absolute atomic E-state index is 11.4. The molecule has 1 amide bonds. The molecule has 92 valence electrons. The van der Waals surface area contributed by atoms with Crippen LogP contribution in [0, 0.1) is 0 Å². The molecule has 1 aromatic rings. The van der Waals surface area contributed by atoms with E-state index in [-0.39, 0.29) is 13.2 Å². The lowest BCUT2D eigenvalue weighted by Crippen LogP contribution is -2.40. The first kappa shape index (κ1) is 11.9. The summed E-state index contributed by atoms with van der Waals surface area (Å²) in [4.78, 5) is 16.8. The predicted molar refractivity (Wildman–Crippen MR) is 59.9 cm³/mol. The van der Waals surface area contributed by atoms with E-state index in [4.69, 9.17) is 9.57 Å². The molecule has 1 aliphatic heterocycles. The fourth-order valence-corrected chi connectivity index (χ4v) is 1.63. The standard InChI is InChI=1S/C12H15NO4/c1-9(14)11-8-16-12(15)13(11)17-7-10-5-3-2-4-6-10/h2-6,9,11,14H,7-8H2,1H3/t9-,11+/m0/s1. The van der Waals surface area contributed by atoms with Gasteiger partial charge in [-0.05, 0) is 12.5 Å². The number of hydroxylamine groups is 2. The monoisotopic (exact) mass is 237 g/mol. The van der Waals surface area contributed by atoms with E-state index in [2.05, 4.69) is 0 Å². The number of carbonyl (C=O) groups excluding carboxylic acids is 1. The van der Waals surface area contributed by atoms with E-state index in [0.29, 0.717) is 0 Å². The molecular formula is C12H15NO4. The van der Waals surface area contributed by atoms with Crippen LogP contribution in [0.25, 0.3) is 0 Å². The summed E-state index contributed by atoms with van der Waals surface area (Å²) in [7, 11) is 0. The Morgan fingerprint density at radius 3 is 2.88 bits per heavy atom. The van der Waals surface area contributed by atoms with Gasteiger partial charge in [-0.25, -0.2) is 4.79 Å². The van der Waals surface area contributed by atoms with Gasteiger partial charge in [0.1, 0.15) is 19.3 Å². The smallest absolute Gasteiger partial charge is 0.434 e. The Morgan fingerprint density at radius 1 is 1.53 bits per heavy atom. The number of hydrogen-bond donors (Lipinski definition) is 1. The van der Waals surface area contributed by atoms with Crippen molar-refractivity contribution in [3.05, 3.63) is 35.9 Å². The number of aliphatic hydroxyl groups excluding tert-OH is 1. The minimum absolute atomic E-state index is 0.158.